The lowest BCUT2D eigenvalue weighted by Crippen LogP contribution is -2.23. The van der Waals surface area contributed by atoms with Gasteiger partial charge in [-0.1, -0.05) is 71.1 Å². The van der Waals surface area contributed by atoms with Crippen LogP contribution in [-0.4, -0.2) is 37.3 Å². The van der Waals surface area contributed by atoms with Crippen LogP contribution in [0.2, 0.25) is 0 Å². The van der Waals surface area contributed by atoms with Crippen molar-refractivity contribution in [2.75, 3.05) is 20.3 Å². The van der Waals surface area contributed by atoms with Crippen LogP contribution < -0.4 is 0 Å². The molecule has 7 heteroatoms. The first-order valence-electron chi connectivity index (χ1n) is 9.33. The minimum atomic E-state index is -6.00. The van der Waals surface area contributed by atoms with Crippen LogP contribution in [0.25, 0.3) is 0 Å². The highest BCUT2D eigenvalue weighted by atomic mass is 19.5. The summed E-state index contributed by atoms with van der Waals surface area (Å²) in [5.41, 5.74) is 0. The average molecular weight is 353 g/mol. The van der Waals surface area contributed by atoms with Crippen molar-refractivity contribution in [3.63, 3.8) is 0 Å². The van der Waals surface area contributed by atoms with Crippen LogP contribution in [-0.2, 0) is 0 Å². The van der Waals surface area contributed by atoms with Crippen LogP contribution in [0.4, 0.5) is 17.3 Å². The number of nitrogens with zero attached hydrogens (tertiary/aromatic N) is 2. The molecule has 0 saturated carbocycles. The molecule has 0 amide bonds. The summed E-state index contributed by atoms with van der Waals surface area (Å²) in [5, 5.41) is 0. The number of hydrogen-bond donors (Lipinski definition) is 0. The molecule has 1 heterocycles. The van der Waals surface area contributed by atoms with Crippen molar-refractivity contribution < 1.29 is 17.3 Å². The molecular formula is C17H34BF4N2-. The number of hydrogen-bond acceptors (Lipinski definition) is 2. The van der Waals surface area contributed by atoms with E-state index in [0.29, 0.717) is 0 Å². The highest BCUT2D eigenvalue weighted by Crippen LogP contribution is 2.12. The van der Waals surface area contributed by atoms with Gasteiger partial charge >= 0.3 is 7.25 Å². The van der Waals surface area contributed by atoms with E-state index in [1.807, 2.05) is 0 Å². The SMILES string of the molecule is CCCCCCCCCCCCCN1C=CN(C)C1.F[B-](F)(F)F. The van der Waals surface area contributed by atoms with Crippen LogP contribution in [0.5, 0.6) is 0 Å². The molecule has 0 unspecified atom stereocenters. The number of rotatable bonds is 12. The third kappa shape index (κ3) is 19.2. The maximum Gasteiger partial charge on any atom is 0.673 e. The first kappa shape index (κ1) is 23.1. The Labute approximate surface area is 145 Å². The Morgan fingerprint density at radius 2 is 1.17 bits per heavy atom. The maximum absolute atomic E-state index is 9.75. The van der Waals surface area contributed by atoms with Gasteiger partial charge in [0.2, 0.25) is 0 Å². The summed E-state index contributed by atoms with van der Waals surface area (Å²) in [6.45, 7) is 4.60. The summed E-state index contributed by atoms with van der Waals surface area (Å²) < 4.78 is 39.0. The van der Waals surface area contributed by atoms with Gasteiger partial charge in [-0.15, -0.1) is 0 Å². The second kappa shape index (κ2) is 14.5. The molecule has 2 nitrogen and oxygen atoms in total. The Kier molecular flexibility index (Phi) is 13.9. The number of halogens is 4. The molecule has 0 N–H and O–H groups in total. The summed E-state index contributed by atoms with van der Waals surface area (Å²) in [6.07, 6.45) is 20.1. The summed E-state index contributed by atoms with van der Waals surface area (Å²) in [5.74, 6) is 0. The van der Waals surface area contributed by atoms with E-state index in [4.69, 9.17) is 0 Å². The minimum Gasteiger partial charge on any atom is -0.418 e. The first-order chi connectivity index (χ1) is 11.3. The van der Waals surface area contributed by atoms with E-state index < -0.39 is 7.25 Å². The van der Waals surface area contributed by atoms with Gasteiger partial charge in [0.25, 0.3) is 0 Å². The van der Waals surface area contributed by atoms with Crippen LogP contribution in [0.3, 0.4) is 0 Å². The second-order valence-corrected chi connectivity index (χ2v) is 6.54. The zero-order chi connectivity index (χ0) is 18.3. The Bertz CT molecular complexity index is 305. The van der Waals surface area contributed by atoms with Crippen LogP contribution in [0.1, 0.15) is 77.6 Å². The quantitative estimate of drug-likeness (QED) is 0.232. The molecule has 0 aromatic heterocycles. The van der Waals surface area contributed by atoms with Crippen LogP contribution >= 0.6 is 0 Å². The smallest absolute Gasteiger partial charge is 0.418 e. The highest BCUT2D eigenvalue weighted by molar-refractivity contribution is 6.50. The van der Waals surface area contributed by atoms with Gasteiger partial charge in [0.05, 0.1) is 6.67 Å². The van der Waals surface area contributed by atoms with E-state index in [2.05, 4.69) is 36.2 Å². The van der Waals surface area contributed by atoms with Crippen LogP contribution in [0, 0.1) is 0 Å². The molecule has 0 spiro atoms. The molecule has 1 rings (SSSR count). The van der Waals surface area contributed by atoms with Gasteiger partial charge in [0.15, 0.2) is 0 Å². The van der Waals surface area contributed by atoms with Crippen molar-refractivity contribution in [2.24, 2.45) is 0 Å². The molecule has 0 atom stereocenters. The van der Waals surface area contributed by atoms with Crippen molar-refractivity contribution >= 4 is 7.25 Å². The number of unbranched alkanes of at least 4 members (excludes halogenated alkanes) is 10. The van der Waals surface area contributed by atoms with E-state index in [0.717, 1.165) is 6.67 Å². The van der Waals surface area contributed by atoms with Gasteiger partial charge in [0.1, 0.15) is 0 Å². The second-order valence-electron chi connectivity index (χ2n) is 6.54. The van der Waals surface area contributed by atoms with Crippen LogP contribution in [0.15, 0.2) is 12.4 Å². The molecule has 0 fully saturated rings. The molecular weight excluding hydrogens is 319 g/mol. The zero-order valence-corrected chi connectivity index (χ0v) is 15.3. The van der Waals surface area contributed by atoms with Gasteiger partial charge < -0.3 is 27.1 Å². The van der Waals surface area contributed by atoms with Gasteiger partial charge in [0, 0.05) is 26.0 Å². The highest BCUT2D eigenvalue weighted by Gasteiger charge is 2.20. The summed E-state index contributed by atoms with van der Waals surface area (Å²) >= 11 is 0. The topological polar surface area (TPSA) is 6.48 Å². The maximum atomic E-state index is 9.75. The average Bonchev–Trinajstić information content (AvgIpc) is 2.88. The molecule has 24 heavy (non-hydrogen) atoms. The molecule has 1 aliphatic rings. The van der Waals surface area contributed by atoms with E-state index in [1.165, 1.54) is 77.2 Å². The third-order valence-corrected chi connectivity index (χ3v) is 3.99. The van der Waals surface area contributed by atoms with E-state index in [9.17, 15) is 17.3 Å². The summed E-state index contributed by atoms with van der Waals surface area (Å²) in [4.78, 5) is 4.65. The van der Waals surface area contributed by atoms with E-state index in [1.54, 1.807) is 0 Å². The fraction of sp³-hybridized carbons (Fsp3) is 0.882. The molecule has 144 valence electrons. The Hall–Kier alpha value is -0.875. The molecule has 0 aliphatic carbocycles. The molecule has 0 bridgehead atoms. The fourth-order valence-corrected chi connectivity index (χ4v) is 2.71. The summed E-state index contributed by atoms with van der Waals surface area (Å²) in [6, 6.07) is 0. The predicted molar refractivity (Wildman–Crippen MR) is 95.1 cm³/mol. The molecule has 0 aromatic rings. The van der Waals surface area contributed by atoms with Gasteiger partial charge in [-0.05, 0) is 6.42 Å². The Morgan fingerprint density at radius 1 is 0.750 bits per heavy atom. The molecule has 0 radical (unpaired) electrons. The van der Waals surface area contributed by atoms with Crippen molar-refractivity contribution in [1.29, 1.82) is 0 Å². The lowest BCUT2D eigenvalue weighted by molar-refractivity contribution is 0.290. The predicted octanol–water partition coefficient (Wildman–Crippen LogP) is 6.27. The van der Waals surface area contributed by atoms with Gasteiger partial charge in [-0.2, -0.15) is 0 Å². The lowest BCUT2D eigenvalue weighted by Gasteiger charge is -2.17. The monoisotopic (exact) mass is 353 g/mol. The lowest BCUT2D eigenvalue weighted by atomic mass is 10.1. The van der Waals surface area contributed by atoms with Crippen molar-refractivity contribution in [3.8, 4) is 0 Å². The van der Waals surface area contributed by atoms with Crippen molar-refractivity contribution in [1.82, 2.24) is 9.80 Å². The zero-order valence-electron chi connectivity index (χ0n) is 15.3. The summed E-state index contributed by atoms with van der Waals surface area (Å²) in [7, 11) is -3.86. The fourth-order valence-electron chi connectivity index (χ4n) is 2.71. The molecule has 0 saturated heterocycles. The molecule has 0 aromatic carbocycles. The van der Waals surface area contributed by atoms with Gasteiger partial charge in [-0.3, -0.25) is 0 Å². The van der Waals surface area contributed by atoms with Crippen molar-refractivity contribution in [3.05, 3.63) is 12.4 Å². The largest absolute Gasteiger partial charge is 0.673 e. The van der Waals surface area contributed by atoms with Crippen molar-refractivity contribution in [2.45, 2.75) is 77.6 Å². The third-order valence-electron chi connectivity index (χ3n) is 3.99. The standard InChI is InChI=1S/C17H34N2.BF4/c1-3-4-5-6-7-8-9-10-11-12-13-14-19-16-15-18(2)17-19;2-1(3,4)5/h15-16H,3-14,17H2,1-2H3;/q;-1. The minimum absolute atomic E-state index is 1.08. The van der Waals surface area contributed by atoms with E-state index >= 15 is 0 Å². The van der Waals surface area contributed by atoms with E-state index in [-0.39, 0.29) is 0 Å². The van der Waals surface area contributed by atoms with Gasteiger partial charge in [-0.25, -0.2) is 0 Å². The Morgan fingerprint density at radius 3 is 1.54 bits per heavy atom. The normalized spacial score (nSPS) is 14.1. The first-order valence-corrected chi connectivity index (χ1v) is 9.33. The Balaban J connectivity index is 0.000000922. The molecule has 1 aliphatic heterocycles.